The molecule has 1 aromatic carbocycles. The quantitative estimate of drug-likeness (QED) is 0.343. The minimum atomic E-state index is -0.503. The molecule has 0 N–H and O–H groups in total. The van der Waals surface area contributed by atoms with Crippen LogP contribution in [0.3, 0.4) is 0 Å². The van der Waals surface area contributed by atoms with Gasteiger partial charge in [-0.05, 0) is 50.6 Å². The molecule has 2 heterocycles. The molecule has 0 aliphatic rings. The van der Waals surface area contributed by atoms with Gasteiger partial charge in [-0.15, -0.1) is 0 Å². The minimum Gasteiger partial charge on any atom is -0.484 e. The maximum Gasteiger partial charge on any atom is 0.354 e. The van der Waals surface area contributed by atoms with Crippen molar-refractivity contribution in [1.29, 1.82) is 0 Å². The summed E-state index contributed by atoms with van der Waals surface area (Å²) in [6.07, 6.45) is 1.51. The number of ether oxygens (including phenoxy) is 2. The number of amides is 1. The lowest BCUT2D eigenvalue weighted by atomic mass is 10.1. The number of methoxy groups -OCH3 is 1. The number of carbonyl (C=O) groups is 3. The zero-order chi connectivity index (χ0) is 24.0. The summed E-state index contributed by atoms with van der Waals surface area (Å²) in [6.45, 7) is 5.60. The van der Waals surface area contributed by atoms with E-state index >= 15 is 0 Å². The van der Waals surface area contributed by atoms with Crippen LogP contribution in [-0.4, -0.2) is 47.4 Å². The molecule has 0 fully saturated rings. The Bertz CT molecular complexity index is 1120. The van der Waals surface area contributed by atoms with Crippen LogP contribution in [0.15, 0.2) is 53.1 Å². The van der Waals surface area contributed by atoms with Crippen molar-refractivity contribution in [3.63, 3.8) is 0 Å². The Kier molecular flexibility index (Phi) is 7.71. The Morgan fingerprint density at radius 1 is 1.06 bits per heavy atom. The van der Waals surface area contributed by atoms with Gasteiger partial charge in [-0.2, -0.15) is 0 Å². The van der Waals surface area contributed by atoms with E-state index in [9.17, 15) is 14.4 Å². The van der Waals surface area contributed by atoms with Crippen LogP contribution in [0.4, 0.5) is 0 Å². The van der Waals surface area contributed by atoms with Crippen molar-refractivity contribution in [2.24, 2.45) is 0 Å². The molecule has 0 saturated carbocycles. The van der Waals surface area contributed by atoms with Gasteiger partial charge in [0.05, 0.1) is 26.5 Å². The van der Waals surface area contributed by atoms with Gasteiger partial charge in [-0.3, -0.25) is 9.59 Å². The number of esters is 1. The molecule has 0 bridgehead atoms. The number of rotatable bonds is 10. The number of hydrogen-bond donors (Lipinski definition) is 0. The highest BCUT2D eigenvalue weighted by Crippen LogP contribution is 2.24. The number of Topliss-reactive ketones (excluding diaryl/α,β-unsaturated/α-hetero) is 1. The van der Waals surface area contributed by atoms with E-state index in [1.54, 1.807) is 42.7 Å². The van der Waals surface area contributed by atoms with Crippen LogP contribution < -0.4 is 4.74 Å². The zero-order valence-corrected chi connectivity index (χ0v) is 19.3. The van der Waals surface area contributed by atoms with Gasteiger partial charge in [0.1, 0.15) is 17.2 Å². The maximum atomic E-state index is 13.4. The summed E-state index contributed by atoms with van der Waals surface area (Å²) < 4.78 is 17.6. The topological polar surface area (TPSA) is 91.0 Å². The fraction of sp³-hybridized carbons (Fsp3) is 0.320. The summed E-state index contributed by atoms with van der Waals surface area (Å²) in [4.78, 5) is 40.1. The van der Waals surface area contributed by atoms with Crippen molar-refractivity contribution in [1.82, 2.24) is 9.47 Å². The van der Waals surface area contributed by atoms with Crippen LogP contribution in [0.1, 0.15) is 44.8 Å². The monoisotopic (exact) mass is 452 g/mol. The van der Waals surface area contributed by atoms with Crippen molar-refractivity contribution in [2.75, 3.05) is 20.3 Å². The van der Waals surface area contributed by atoms with E-state index < -0.39 is 5.97 Å². The molecule has 0 aliphatic carbocycles. The van der Waals surface area contributed by atoms with Gasteiger partial charge < -0.3 is 23.4 Å². The Balaban J connectivity index is 1.85. The van der Waals surface area contributed by atoms with E-state index in [0.717, 1.165) is 0 Å². The molecule has 8 nitrogen and oxygen atoms in total. The van der Waals surface area contributed by atoms with Gasteiger partial charge in [0.15, 0.2) is 12.4 Å². The van der Waals surface area contributed by atoms with Crippen molar-refractivity contribution in [3.8, 4) is 5.75 Å². The maximum absolute atomic E-state index is 13.4. The summed E-state index contributed by atoms with van der Waals surface area (Å²) in [6, 6.07) is 12.4. The lowest BCUT2D eigenvalue weighted by Gasteiger charge is -2.21. The Morgan fingerprint density at radius 3 is 2.39 bits per heavy atom. The molecular weight excluding hydrogens is 424 g/mol. The normalized spacial score (nSPS) is 10.7. The second kappa shape index (κ2) is 10.7. The van der Waals surface area contributed by atoms with E-state index in [1.807, 2.05) is 25.1 Å². The highest BCUT2D eigenvalue weighted by Gasteiger charge is 2.28. The van der Waals surface area contributed by atoms with Gasteiger partial charge >= 0.3 is 5.97 Å². The van der Waals surface area contributed by atoms with E-state index in [1.165, 1.54) is 18.3 Å². The third kappa shape index (κ3) is 5.34. The fourth-order valence-electron chi connectivity index (χ4n) is 3.89. The van der Waals surface area contributed by atoms with Gasteiger partial charge in [0, 0.05) is 17.8 Å². The van der Waals surface area contributed by atoms with E-state index in [2.05, 4.69) is 0 Å². The van der Waals surface area contributed by atoms with Crippen molar-refractivity contribution in [2.45, 2.75) is 33.9 Å². The molecule has 0 saturated heterocycles. The Hall–Kier alpha value is -3.81. The van der Waals surface area contributed by atoms with Crippen molar-refractivity contribution >= 4 is 17.7 Å². The predicted molar refractivity (Wildman–Crippen MR) is 121 cm³/mol. The van der Waals surface area contributed by atoms with E-state index in [4.69, 9.17) is 13.9 Å². The average Bonchev–Trinajstić information content (AvgIpc) is 3.42. The Morgan fingerprint density at radius 2 is 1.79 bits per heavy atom. The van der Waals surface area contributed by atoms with Crippen LogP contribution in [0, 0.1) is 13.8 Å². The van der Waals surface area contributed by atoms with Gasteiger partial charge in [0.25, 0.3) is 5.91 Å². The number of aromatic nitrogens is 1. The second-order valence-electron chi connectivity index (χ2n) is 7.52. The highest BCUT2D eigenvalue weighted by molar-refractivity contribution is 6.04. The number of carbonyl (C=O) groups excluding carboxylic acids is 3. The molecule has 3 aromatic rings. The second-order valence-corrected chi connectivity index (χ2v) is 7.52. The standard InChI is InChI=1S/C25H28N2O6/c1-5-27-18(3)23(17(2)24(27)25(30)31-4)21(28)15-26(14-20-12-9-13-32-20)22(29)16-33-19-10-7-6-8-11-19/h6-13H,5,14-16H2,1-4H3. The lowest BCUT2D eigenvalue weighted by Crippen LogP contribution is -2.38. The molecule has 0 unspecified atom stereocenters. The zero-order valence-electron chi connectivity index (χ0n) is 19.3. The number of para-hydroxylation sites is 1. The lowest BCUT2D eigenvalue weighted by molar-refractivity contribution is -0.133. The summed E-state index contributed by atoms with van der Waals surface area (Å²) in [5.41, 5.74) is 1.96. The summed E-state index contributed by atoms with van der Waals surface area (Å²) in [7, 11) is 1.31. The highest BCUT2D eigenvalue weighted by atomic mass is 16.5. The number of benzene rings is 1. The van der Waals surface area contributed by atoms with Gasteiger partial charge in [-0.1, -0.05) is 18.2 Å². The SMILES string of the molecule is CCn1c(C)c(C(=O)CN(Cc2ccco2)C(=O)COc2ccccc2)c(C)c1C(=O)OC. The largest absolute Gasteiger partial charge is 0.484 e. The smallest absolute Gasteiger partial charge is 0.354 e. The van der Waals surface area contributed by atoms with Crippen LogP contribution >= 0.6 is 0 Å². The van der Waals surface area contributed by atoms with Crippen LogP contribution in [0.5, 0.6) is 5.75 Å². The predicted octanol–water partition coefficient (Wildman–Crippen LogP) is 3.79. The average molecular weight is 453 g/mol. The number of hydrogen-bond acceptors (Lipinski definition) is 6. The first kappa shape index (κ1) is 23.8. The fourth-order valence-corrected chi connectivity index (χ4v) is 3.89. The molecule has 0 spiro atoms. The Labute approximate surface area is 192 Å². The van der Waals surface area contributed by atoms with E-state index in [-0.39, 0.29) is 31.4 Å². The number of nitrogens with zero attached hydrogens (tertiary/aromatic N) is 2. The van der Waals surface area contributed by atoms with Crippen molar-refractivity contribution < 1.29 is 28.3 Å². The van der Waals surface area contributed by atoms with Crippen LogP contribution in [-0.2, 0) is 22.6 Å². The minimum absolute atomic E-state index is 0.117. The summed E-state index contributed by atoms with van der Waals surface area (Å²) in [5, 5.41) is 0. The van der Waals surface area contributed by atoms with Crippen molar-refractivity contribution in [3.05, 3.63) is 77.0 Å². The van der Waals surface area contributed by atoms with Crippen LogP contribution in [0.2, 0.25) is 0 Å². The number of furan rings is 1. The van der Waals surface area contributed by atoms with Crippen LogP contribution in [0.25, 0.3) is 0 Å². The summed E-state index contributed by atoms with van der Waals surface area (Å²) >= 11 is 0. The molecule has 1 amide bonds. The molecular formula is C25H28N2O6. The molecule has 174 valence electrons. The first-order chi connectivity index (χ1) is 15.9. The molecule has 8 heteroatoms. The number of ketones is 1. The molecule has 0 atom stereocenters. The van der Waals surface area contributed by atoms with E-state index in [0.29, 0.717) is 40.6 Å². The molecule has 0 aliphatic heterocycles. The van der Waals surface area contributed by atoms with Gasteiger partial charge in [-0.25, -0.2) is 4.79 Å². The molecule has 33 heavy (non-hydrogen) atoms. The molecule has 0 radical (unpaired) electrons. The molecule has 3 rings (SSSR count). The first-order valence-corrected chi connectivity index (χ1v) is 10.7. The first-order valence-electron chi connectivity index (χ1n) is 10.7. The van der Waals surface area contributed by atoms with Gasteiger partial charge in [0.2, 0.25) is 0 Å². The third-order valence-electron chi connectivity index (χ3n) is 5.46. The summed E-state index contributed by atoms with van der Waals surface area (Å²) in [5.74, 6) is -0.0319. The molecule has 2 aromatic heterocycles. The third-order valence-corrected chi connectivity index (χ3v) is 5.46.